The number of hydrogen-bond acceptors (Lipinski definition) is 3. The summed E-state index contributed by atoms with van der Waals surface area (Å²) in [5.74, 6) is -0.692. The number of nitrogens with zero attached hydrogens (tertiary/aromatic N) is 1. The molecule has 0 aliphatic carbocycles. The van der Waals surface area contributed by atoms with Crippen LogP contribution in [0.2, 0.25) is 0 Å². The molecule has 2 heterocycles. The van der Waals surface area contributed by atoms with Crippen molar-refractivity contribution in [1.29, 1.82) is 0 Å². The maximum Gasteiger partial charge on any atom is 0.290 e. The van der Waals surface area contributed by atoms with Crippen LogP contribution < -0.4 is 5.32 Å². The Kier molecular flexibility index (Phi) is 5.16. The fourth-order valence-electron chi connectivity index (χ4n) is 3.20. The van der Waals surface area contributed by atoms with Crippen LogP contribution in [-0.2, 0) is 4.79 Å². The molecule has 1 aromatic heterocycles. The molecule has 2 atom stereocenters. The van der Waals surface area contributed by atoms with Gasteiger partial charge in [-0.1, -0.05) is 18.2 Å². The van der Waals surface area contributed by atoms with Gasteiger partial charge in [0.2, 0.25) is 5.91 Å². The minimum Gasteiger partial charge on any atom is -0.459 e. The third kappa shape index (κ3) is 3.73. The van der Waals surface area contributed by atoms with E-state index in [0.29, 0.717) is 18.5 Å². The lowest BCUT2D eigenvalue weighted by Crippen LogP contribution is -2.52. The van der Waals surface area contributed by atoms with Crippen molar-refractivity contribution in [1.82, 2.24) is 10.2 Å². The quantitative estimate of drug-likeness (QED) is 0.926. The number of likely N-dealkylation sites (tertiary alicyclic amines) is 1. The van der Waals surface area contributed by atoms with Gasteiger partial charge in [-0.2, -0.15) is 0 Å². The van der Waals surface area contributed by atoms with E-state index in [4.69, 9.17) is 4.42 Å². The SMILES string of the molecule is C[C@@H](NC(=O)[C@H]1CCCCN1C(=O)c1ccco1)c1ccccc1F. The lowest BCUT2D eigenvalue weighted by molar-refractivity contribution is -0.127. The van der Waals surface area contributed by atoms with E-state index in [-0.39, 0.29) is 23.4 Å². The molecule has 1 fully saturated rings. The highest BCUT2D eigenvalue weighted by atomic mass is 19.1. The Bertz CT molecular complexity index is 745. The van der Waals surface area contributed by atoms with Crippen molar-refractivity contribution in [3.8, 4) is 0 Å². The Morgan fingerprint density at radius 1 is 1.24 bits per heavy atom. The minimum atomic E-state index is -0.569. The van der Waals surface area contributed by atoms with E-state index in [0.717, 1.165) is 12.8 Å². The summed E-state index contributed by atoms with van der Waals surface area (Å²) in [7, 11) is 0. The molecule has 1 N–H and O–H groups in total. The zero-order valence-corrected chi connectivity index (χ0v) is 14.1. The molecule has 25 heavy (non-hydrogen) atoms. The van der Waals surface area contributed by atoms with Crippen LogP contribution in [0.3, 0.4) is 0 Å². The van der Waals surface area contributed by atoms with E-state index in [1.54, 1.807) is 42.2 Å². The fourth-order valence-corrected chi connectivity index (χ4v) is 3.20. The van der Waals surface area contributed by atoms with E-state index in [1.807, 2.05) is 0 Å². The molecule has 5 nitrogen and oxygen atoms in total. The maximum atomic E-state index is 13.9. The van der Waals surface area contributed by atoms with Gasteiger partial charge in [0.05, 0.1) is 12.3 Å². The Morgan fingerprint density at radius 3 is 2.76 bits per heavy atom. The van der Waals surface area contributed by atoms with Crippen LogP contribution in [0.25, 0.3) is 0 Å². The molecule has 6 heteroatoms. The second kappa shape index (κ2) is 7.51. The third-order valence-electron chi connectivity index (χ3n) is 4.53. The number of amides is 2. The molecule has 132 valence electrons. The van der Waals surface area contributed by atoms with Crippen LogP contribution in [0, 0.1) is 5.82 Å². The van der Waals surface area contributed by atoms with Gasteiger partial charge in [-0.25, -0.2) is 4.39 Å². The van der Waals surface area contributed by atoms with E-state index in [1.165, 1.54) is 12.3 Å². The summed E-state index contributed by atoms with van der Waals surface area (Å²) in [6.07, 6.45) is 3.74. The Hall–Kier alpha value is -2.63. The van der Waals surface area contributed by atoms with Crippen LogP contribution in [0.5, 0.6) is 0 Å². The summed E-state index contributed by atoms with van der Waals surface area (Å²) < 4.78 is 19.1. The van der Waals surface area contributed by atoms with Crippen molar-refractivity contribution < 1.29 is 18.4 Å². The van der Waals surface area contributed by atoms with Crippen molar-refractivity contribution >= 4 is 11.8 Å². The van der Waals surface area contributed by atoms with Gasteiger partial charge in [-0.3, -0.25) is 9.59 Å². The molecule has 2 aromatic rings. The summed E-state index contributed by atoms with van der Waals surface area (Å²) in [5.41, 5.74) is 0.426. The maximum absolute atomic E-state index is 13.9. The fraction of sp³-hybridized carbons (Fsp3) is 0.368. The van der Waals surface area contributed by atoms with Crippen molar-refractivity contribution in [2.75, 3.05) is 6.54 Å². The molecule has 1 aliphatic rings. The minimum absolute atomic E-state index is 0.224. The van der Waals surface area contributed by atoms with Crippen molar-refractivity contribution in [2.45, 2.75) is 38.3 Å². The molecule has 1 aromatic carbocycles. The van der Waals surface area contributed by atoms with E-state index in [9.17, 15) is 14.0 Å². The van der Waals surface area contributed by atoms with Crippen molar-refractivity contribution in [2.24, 2.45) is 0 Å². The van der Waals surface area contributed by atoms with E-state index >= 15 is 0 Å². The molecule has 1 saturated heterocycles. The number of rotatable bonds is 4. The molecule has 0 radical (unpaired) electrons. The highest BCUT2D eigenvalue weighted by molar-refractivity contribution is 5.95. The van der Waals surface area contributed by atoms with Crippen LogP contribution in [0.4, 0.5) is 4.39 Å². The number of piperidine rings is 1. The Labute approximate surface area is 145 Å². The predicted octanol–water partition coefficient (Wildman–Crippen LogP) is 3.29. The standard InChI is InChI=1S/C19H21FN2O3/c1-13(14-7-2-3-8-15(14)20)21-18(23)16-9-4-5-11-22(16)19(24)17-10-6-12-25-17/h2-3,6-8,10,12-13,16H,4-5,9,11H2,1H3,(H,21,23)/t13-,16-/m1/s1. The van der Waals surface area contributed by atoms with Crippen molar-refractivity contribution in [3.05, 3.63) is 59.8 Å². The first kappa shape index (κ1) is 17.2. The lowest BCUT2D eigenvalue weighted by atomic mass is 10.00. The number of carbonyl (C=O) groups is 2. The number of furan rings is 1. The summed E-state index contributed by atoms with van der Waals surface area (Å²) in [4.78, 5) is 26.8. The zero-order chi connectivity index (χ0) is 17.8. The van der Waals surface area contributed by atoms with Gasteiger partial charge in [0.15, 0.2) is 5.76 Å². The van der Waals surface area contributed by atoms with Crippen molar-refractivity contribution in [3.63, 3.8) is 0 Å². The first-order valence-corrected chi connectivity index (χ1v) is 8.47. The number of halogens is 1. The number of nitrogens with one attached hydrogen (secondary N) is 1. The molecule has 0 spiro atoms. The Balaban J connectivity index is 1.73. The second-order valence-corrected chi connectivity index (χ2v) is 6.24. The third-order valence-corrected chi connectivity index (χ3v) is 4.53. The molecule has 0 unspecified atom stereocenters. The monoisotopic (exact) mass is 344 g/mol. The molecule has 2 amide bonds. The summed E-state index contributed by atoms with van der Waals surface area (Å²) in [6.45, 7) is 2.24. The smallest absolute Gasteiger partial charge is 0.290 e. The largest absolute Gasteiger partial charge is 0.459 e. The van der Waals surface area contributed by atoms with Crippen LogP contribution >= 0.6 is 0 Å². The van der Waals surface area contributed by atoms with Gasteiger partial charge in [0.1, 0.15) is 11.9 Å². The molecular weight excluding hydrogens is 323 g/mol. The molecule has 0 saturated carbocycles. The number of carbonyl (C=O) groups excluding carboxylic acids is 2. The highest BCUT2D eigenvalue weighted by Crippen LogP contribution is 2.22. The lowest BCUT2D eigenvalue weighted by Gasteiger charge is -2.34. The highest BCUT2D eigenvalue weighted by Gasteiger charge is 2.34. The molecule has 1 aliphatic heterocycles. The van der Waals surface area contributed by atoms with Gasteiger partial charge in [0, 0.05) is 12.1 Å². The van der Waals surface area contributed by atoms with E-state index < -0.39 is 12.1 Å². The second-order valence-electron chi connectivity index (χ2n) is 6.24. The van der Waals surface area contributed by atoms with Crippen LogP contribution in [0.15, 0.2) is 47.1 Å². The average Bonchev–Trinajstić information content (AvgIpc) is 3.16. The zero-order valence-electron chi connectivity index (χ0n) is 14.1. The number of benzene rings is 1. The van der Waals surface area contributed by atoms with E-state index in [2.05, 4.69) is 5.32 Å². The Morgan fingerprint density at radius 2 is 2.04 bits per heavy atom. The predicted molar refractivity (Wildman–Crippen MR) is 90.3 cm³/mol. The molecule has 3 rings (SSSR count). The molecular formula is C19H21FN2O3. The summed E-state index contributed by atoms with van der Waals surface area (Å²) >= 11 is 0. The van der Waals surface area contributed by atoms with Gasteiger partial charge >= 0.3 is 0 Å². The summed E-state index contributed by atoms with van der Waals surface area (Å²) in [5, 5.41) is 2.83. The van der Waals surface area contributed by atoms with Gasteiger partial charge in [-0.15, -0.1) is 0 Å². The number of hydrogen-bond donors (Lipinski definition) is 1. The normalized spacial score (nSPS) is 18.6. The summed E-state index contributed by atoms with van der Waals surface area (Å²) in [6, 6.07) is 8.54. The first-order valence-electron chi connectivity index (χ1n) is 8.47. The van der Waals surface area contributed by atoms with Crippen LogP contribution in [0.1, 0.15) is 48.3 Å². The van der Waals surface area contributed by atoms with Gasteiger partial charge in [-0.05, 0) is 44.4 Å². The van der Waals surface area contributed by atoms with Gasteiger partial charge in [0.25, 0.3) is 5.91 Å². The first-order chi connectivity index (χ1) is 12.1. The molecule has 0 bridgehead atoms. The van der Waals surface area contributed by atoms with Gasteiger partial charge < -0.3 is 14.6 Å². The average molecular weight is 344 g/mol. The van der Waals surface area contributed by atoms with Crippen LogP contribution in [-0.4, -0.2) is 29.3 Å². The topological polar surface area (TPSA) is 62.6 Å².